The van der Waals surface area contributed by atoms with Crippen molar-refractivity contribution < 1.29 is 19.5 Å². The summed E-state index contributed by atoms with van der Waals surface area (Å²) < 4.78 is 14.7. The number of fused-ring (bicyclic) bond motifs is 2. The third-order valence-corrected chi connectivity index (χ3v) is 8.50. The lowest BCUT2D eigenvalue weighted by molar-refractivity contribution is 0.122. The van der Waals surface area contributed by atoms with Crippen LogP contribution in [0.5, 0.6) is 0 Å². The normalized spacial score (nSPS) is 13.7. The molecule has 2 aliphatic heterocycles. The molecule has 6 aromatic heterocycles. The van der Waals surface area contributed by atoms with Gasteiger partial charge >= 0.3 is 7.12 Å². The molecule has 0 unspecified atom stereocenters. The summed E-state index contributed by atoms with van der Waals surface area (Å²) in [5, 5.41) is 26.3. The van der Waals surface area contributed by atoms with E-state index in [1.54, 1.807) is 12.4 Å². The minimum Gasteiger partial charge on any atom is -0.423 e. The van der Waals surface area contributed by atoms with Crippen LogP contribution in [-0.2, 0) is 9.47 Å². The Labute approximate surface area is 326 Å². The largest absolute Gasteiger partial charge is 0.491 e. The van der Waals surface area contributed by atoms with Crippen LogP contribution >= 0.6 is 0 Å². The first-order valence-corrected chi connectivity index (χ1v) is 17.2. The highest BCUT2D eigenvalue weighted by Gasteiger charge is 2.21. The van der Waals surface area contributed by atoms with Crippen LogP contribution in [0.15, 0.2) is 62.2 Å². The second-order valence-corrected chi connectivity index (χ2v) is 12.6. The van der Waals surface area contributed by atoms with Crippen molar-refractivity contribution in [1.29, 1.82) is 0 Å². The van der Waals surface area contributed by atoms with Crippen molar-refractivity contribution in [3.05, 3.63) is 79.4 Å². The fraction of sp³-hybridized carbons (Fsp3) is 0.351. The molecule has 8 rings (SSSR count). The third kappa shape index (κ3) is 9.80. The van der Waals surface area contributed by atoms with Crippen molar-refractivity contribution in [1.82, 2.24) is 49.1 Å². The van der Waals surface area contributed by atoms with E-state index in [1.807, 2.05) is 41.9 Å². The van der Waals surface area contributed by atoms with E-state index in [1.165, 1.54) is 12.4 Å². The number of nitrogens with two attached hydrogens (primary N) is 2. The summed E-state index contributed by atoms with van der Waals surface area (Å²) >= 11 is 0. The van der Waals surface area contributed by atoms with Gasteiger partial charge in [-0.1, -0.05) is 28.0 Å². The van der Waals surface area contributed by atoms with Crippen LogP contribution in [0.2, 0.25) is 0 Å². The molecule has 6 N–H and O–H groups in total. The van der Waals surface area contributed by atoms with Gasteiger partial charge in [-0.05, 0) is 56.2 Å². The molecule has 19 heteroatoms. The van der Waals surface area contributed by atoms with E-state index < -0.39 is 7.12 Å². The molecular formula is C37H51BN14O4. The summed E-state index contributed by atoms with van der Waals surface area (Å²) in [5.74, 6) is 3.52. The molecule has 0 atom stereocenters. The number of nitrogen functional groups attached to an aromatic ring is 2. The average Bonchev–Trinajstić information content (AvgIpc) is 3.81. The van der Waals surface area contributed by atoms with Gasteiger partial charge in [0.15, 0.2) is 17.5 Å². The standard InChI is InChI=1S/C17H19N7O.C14H18N4O.C4H6BN3O2.2CH4/c1-11(2)13-3-4-14-16(23-5-7-25-8-6-23)21-15(22-24(13)14)12-9-19-17(18)20-10-12;1-10(2)12-4-5-13-14(15-11(3)16-18(12)13)17-6-8-19-9-7-17;6-4-7-1-3(2-8-4)5(9)10;;/h3-4,9-10H,1,5-8H2,2H3,(H2,18,19,20);4-5H,1,6-9H2,2-3H3;1-2,9-10H,(H2,6,7,8);2*1H4. The van der Waals surface area contributed by atoms with Crippen molar-refractivity contribution in [2.45, 2.75) is 35.6 Å². The van der Waals surface area contributed by atoms with E-state index >= 15 is 0 Å². The summed E-state index contributed by atoms with van der Waals surface area (Å²) in [6.07, 6.45) is 5.78. The maximum absolute atomic E-state index is 8.55. The number of anilines is 4. The van der Waals surface area contributed by atoms with Gasteiger partial charge in [0.2, 0.25) is 11.9 Å². The number of aromatic nitrogens is 10. The molecule has 296 valence electrons. The van der Waals surface area contributed by atoms with Gasteiger partial charge in [0, 0.05) is 56.4 Å². The van der Waals surface area contributed by atoms with Crippen molar-refractivity contribution in [2.24, 2.45) is 0 Å². The first-order valence-electron chi connectivity index (χ1n) is 17.2. The lowest BCUT2D eigenvalue weighted by Crippen LogP contribution is -2.37. The van der Waals surface area contributed by atoms with Crippen molar-refractivity contribution >= 4 is 58.3 Å². The SMILES string of the molecule is C.C.C=C(C)c1ccc2c(N3CCOCC3)nc(-c3cnc(N)nc3)nn12.C=C(C)c1ccc2c(N3CCOCC3)nc(C)nn12.Nc1ncc(B(O)O)cn1. The second-order valence-electron chi connectivity index (χ2n) is 12.6. The lowest BCUT2D eigenvalue weighted by atomic mass is 9.83. The Morgan fingerprint density at radius 1 is 0.679 bits per heavy atom. The molecule has 0 radical (unpaired) electrons. The summed E-state index contributed by atoms with van der Waals surface area (Å²) in [5.41, 5.74) is 17.6. The zero-order valence-corrected chi connectivity index (χ0v) is 30.5. The van der Waals surface area contributed by atoms with Crippen LogP contribution in [0.4, 0.5) is 23.5 Å². The highest BCUT2D eigenvalue weighted by molar-refractivity contribution is 6.58. The predicted octanol–water partition coefficient (Wildman–Crippen LogP) is 2.56. The highest BCUT2D eigenvalue weighted by atomic mass is 16.5. The number of rotatable bonds is 6. The first kappa shape index (κ1) is 42.7. The van der Waals surface area contributed by atoms with E-state index in [2.05, 4.69) is 70.2 Å². The number of nitrogens with zero attached hydrogens (tertiary/aromatic N) is 12. The van der Waals surface area contributed by atoms with E-state index in [4.69, 9.17) is 36.0 Å². The fourth-order valence-electron chi connectivity index (χ4n) is 5.78. The monoisotopic (exact) mass is 766 g/mol. The molecule has 2 aliphatic rings. The lowest BCUT2D eigenvalue weighted by Gasteiger charge is -2.28. The van der Waals surface area contributed by atoms with E-state index in [-0.39, 0.29) is 32.2 Å². The summed E-state index contributed by atoms with van der Waals surface area (Å²) in [4.78, 5) is 29.1. The maximum atomic E-state index is 8.55. The maximum Gasteiger partial charge on any atom is 0.491 e. The number of ether oxygens (including phenoxy) is 2. The molecular weight excluding hydrogens is 715 g/mol. The minimum absolute atomic E-state index is 0. The number of morpholine rings is 2. The molecule has 0 aromatic carbocycles. The average molecular weight is 767 g/mol. The molecule has 0 aliphatic carbocycles. The Hall–Kier alpha value is -6.02. The number of hydrogen-bond donors (Lipinski definition) is 4. The van der Waals surface area contributed by atoms with Gasteiger partial charge in [0.1, 0.15) is 16.9 Å². The third-order valence-electron chi connectivity index (χ3n) is 8.50. The van der Waals surface area contributed by atoms with Gasteiger partial charge in [-0.25, -0.2) is 38.9 Å². The van der Waals surface area contributed by atoms with E-state index in [0.717, 1.165) is 90.4 Å². The Balaban J connectivity index is 0.000000199. The van der Waals surface area contributed by atoms with Gasteiger partial charge in [-0.3, -0.25) is 0 Å². The summed E-state index contributed by atoms with van der Waals surface area (Å²) in [6, 6.07) is 8.15. The quantitative estimate of drug-likeness (QED) is 0.179. The molecule has 0 bridgehead atoms. The number of hydrogen-bond acceptors (Lipinski definition) is 16. The minimum atomic E-state index is -1.53. The molecule has 0 saturated carbocycles. The van der Waals surface area contributed by atoms with Gasteiger partial charge in [0.25, 0.3) is 0 Å². The number of allylic oxidation sites excluding steroid dienone is 2. The van der Waals surface area contributed by atoms with E-state index in [9.17, 15) is 0 Å². The smallest absolute Gasteiger partial charge is 0.423 e. The van der Waals surface area contributed by atoms with Crippen molar-refractivity contribution in [2.75, 3.05) is 73.9 Å². The first-order chi connectivity index (χ1) is 26.0. The van der Waals surface area contributed by atoms with Crippen molar-refractivity contribution in [3.63, 3.8) is 0 Å². The fourth-order valence-corrected chi connectivity index (χ4v) is 5.78. The molecule has 18 nitrogen and oxygen atoms in total. The summed E-state index contributed by atoms with van der Waals surface area (Å²) in [6.45, 7) is 20.1. The predicted molar refractivity (Wildman–Crippen MR) is 221 cm³/mol. The van der Waals surface area contributed by atoms with Crippen LogP contribution in [0.25, 0.3) is 33.6 Å². The van der Waals surface area contributed by atoms with Crippen LogP contribution < -0.4 is 26.7 Å². The second kappa shape index (κ2) is 19.0. The highest BCUT2D eigenvalue weighted by Crippen LogP contribution is 2.28. The van der Waals surface area contributed by atoms with Gasteiger partial charge in [-0.15, -0.1) is 5.10 Å². The van der Waals surface area contributed by atoms with Crippen molar-refractivity contribution in [3.8, 4) is 11.4 Å². The number of aryl methyl sites for hydroxylation is 1. The van der Waals surface area contributed by atoms with Gasteiger partial charge in [-0.2, -0.15) is 5.10 Å². The molecule has 2 fully saturated rings. The molecule has 8 heterocycles. The topological polar surface area (TPSA) is 229 Å². The Morgan fingerprint density at radius 3 is 1.55 bits per heavy atom. The molecule has 56 heavy (non-hydrogen) atoms. The van der Waals surface area contributed by atoms with E-state index in [0.29, 0.717) is 24.6 Å². The van der Waals surface area contributed by atoms with Crippen LogP contribution in [0.3, 0.4) is 0 Å². The zero-order chi connectivity index (χ0) is 38.4. The zero-order valence-electron chi connectivity index (χ0n) is 30.5. The molecule has 0 spiro atoms. The summed E-state index contributed by atoms with van der Waals surface area (Å²) in [7, 11) is -1.53. The van der Waals surface area contributed by atoms with Gasteiger partial charge in [0.05, 0.1) is 43.4 Å². The molecule has 2 saturated heterocycles. The Kier molecular flexibility index (Phi) is 14.5. The van der Waals surface area contributed by atoms with Crippen LogP contribution in [0, 0.1) is 6.92 Å². The van der Waals surface area contributed by atoms with Crippen LogP contribution in [0.1, 0.15) is 45.9 Å². The molecule has 0 amide bonds. The molecule has 6 aromatic rings. The van der Waals surface area contributed by atoms with Crippen LogP contribution in [-0.4, -0.2) is 119 Å². The Morgan fingerprint density at radius 2 is 1.11 bits per heavy atom. The van der Waals surface area contributed by atoms with Gasteiger partial charge < -0.3 is 40.8 Å². The Bertz CT molecular complexity index is 2230.